The van der Waals surface area contributed by atoms with Crippen LogP contribution in [0.5, 0.6) is 0 Å². The Morgan fingerprint density at radius 2 is 1.78 bits per heavy atom. The molecule has 0 amide bonds. The minimum atomic E-state index is -3.98. The summed E-state index contributed by atoms with van der Waals surface area (Å²) < 4.78 is 51.3. The van der Waals surface area contributed by atoms with Gasteiger partial charge in [-0.25, -0.2) is 8.42 Å². The number of hydrogen-bond donors (Lipinski definition) is 0. The molecule has 2 atom stereocenters. The third-order valence-electron chi connectivity index (χ3n) is 2.52. The Labute approximate surface area is 111 Å². The first-order valence-electron chi connectivity index (χ1n) is 5.13. The van der Waals surface area contributed by atoms with Gasteiger partial charge in [-0.05, 0) is 12.1 Å². The molecule has 1 saturated heterocycles. The van der Waals surface area contributed by atoms with Crippen LogP contribution in [0.15, 0.2) is 35.2 Å². The van der Waals surface area contributed by atoms with Gasteiger partial charge in [0.2, 0.25) is 0 Å². The van der Waals surface area contributed by atoms with Gasteiger partial charge in [-0.2, -0.15) is 8.42 Å². The molecule has 0 aliphatic carbocycles. The standard InChI is InChI=1S/C10H11ClO5S2/c11-9-6-17(12,13)7-10(9)16-18(14,15)8-4-2-1-3-5-8/h1-5,9-10H,6-7H2/t9-,10-/m0/s1. The Hall–Kier alpha value is -0.630. The molecule has 0 spiro atoms. The van der Waals surface area contributed by atoms with Crippen molar-refractivity contribution in [1.82, 2.24) is 0 Å². The highest BCUT2D eigenvalue weighted by atomic mass is 35.5. The molecule has 8 heteroatoms. The lowest BCUT2D eigenvalue weighted by atomic mass is 10.3. The highest BCUT2D eigenvalue weighted by molar-refractivity contribution is 7.92. The molecule has 1 aromatic rings. The van der Waals surface area contributed by atoms with E-state index in [0.29, 0.717) is 0 Å². The monoisotopic (exact) mass is 310 g/mol. The van der Waals surface area contributed by atoms with Crippen LogP contribution in [0.1, 0.15) is 0 Å². The summed E-state index contributed by atoms with van der Waals surface area (Å²) in [6.45, 7) is 0. The van der Waals surface area contributed by atoms with Crippen molar-refractivity contribution in [2.45, 2.75) is 16.4 Å². The fraction of sp³-hybridized carbons (Fsp3) is 0.400. The van der Waals surface area contributed by atoms with Gasteiger partial charge in [-0.3, -0.25) is 4.18 Å². The summed E-state index contributed by atoms with van der Waals surface area (Å²) in [6.07, 6.45) is -1.03. The molecule has 2 rings (SSSR count). The molecule has 1 aliphatic heterocycles. The number of sulfone groups is 1. The Balaban J connectivity index is 2.20. The van der Waals surface area contributed by atoms with Crippen LogP contribution < -0.4 is 0 Å². The van der Waals surface area contributed by atoms with Crippen LogP contribution in [0, 0.1) is 0 Å². The summed E-state index contributed by atoms with van der Waals surface area (Å²) in [7, 11) is -7.30. The summed E-state index contributed by atoms with van der Waals surface area (Å²) in [5, 5.41) is -0.839. The largest absolute Gasteiger partial charge is 0.297 e. The first-order chi connectivity index (χ1) is 8.30. The fourth-order valence-electron chi connectivity index (χ4n) is 1.67. The van der Waals surface area contributed by atoms with Crippen molar-refractivity contribution in [2.75, 3.05) is 11.5 Å². The van der Waals surface area contributed by atoms with E-state index in [-0.39, 0.29) is 16.4 Å². The van der Waals surface area contributed by atoms with Crippen LogP contribution >= 0.6 is 11.6 Å². The second-order valence-corrected chi connectivity index (χ2v) is 8.28. The lowest BCUT2D eigenvalue weighted by Crippen LogP contribution is -2.26. The van der Waals surface area contributed by atoms with Crippen LogP contribution in [0.2, 0.25) is 0 Å². The Kier molecular flexibility index (Phi) is 3.68. The molecule has 0 N–H and O–H groups in total. The normalized spacial score (nSPS) is 27.2. The maximum Gasteiger partial charge on any atom is 0.297 e. The van der Waals surface area contributed by atoms with Gasteiger partial charge >= 0.3 is 0 Å². The molecule has 1 aromatic carbocycles. The first kappa shape index (κ1) is 13.8. The van der Waals surface area contributed by atoms with Crippen molar-refractivity contribution >= 4 is 31.6 Å². The molecule has 5 nitrogen and oxygen atoms in total. The highest BCUT2D eigenvalue weighted by Crippen LogP contribution is 2.24. The van der Waals surface area contributed by atoms with Gasteiger partial charge in [0, 0.05) is 0 Å². The zero-order chi connectivity index (χ0) is 13.4. The zero-order valence-electron chi connectivity index (χ0n) is 9.19. The van der Waals surface area contributed by atoms with Crippen molar-refractivity contribution in [3.63, 3.8) is 0 Å². The van der Waals surface area contributed by atoms with Crippen molar-refractivity contribution in [2.24, 2.45) is 0 Å². The molecule has 100 valence electrons. The Morgan fingerprint density at radius 3 is 2.28 bits per heavy atom. The van der Waals surface area contributed by atoms with Gasteiger partial charge in [0.15, 0.2) is 9.84 Å². The van der Waals surface area contributed by atoms with E-state index >= 15 is 0 Å². The summed E-state index contributed by atoms with van der Waals surface area (Å²) in [4.78, 5) is -0.0156. The second kappa shape index (κ2) is 4.80. The van der Waals surface area contributed by atoms with Crippen molar-refractivity contribution in [1.29, 1.82) is 0 Å². The second-order valence-electron chi connectivity index (χ2n) is 3.99. The van der Waals surface area contributed by atoms with Crippen LogP contribution in [-0.2, 0) is 24.1 Å². The maximum absolute atomic E-state index is 11.9. The average molecular weight is 311 g/mol. The van der Waals surface area contributed by atoms with Gasteiger partial charge in [-0.1, -0.05) is 18.2 Å². The average Bonchev–Trinajstić information content (AvgIpc) is 2.52. The van der Waals surface area contributed by atoms with Crippen molar-refractivity contribution < 1.29 is 21.0 Å². The zero-order valence-corrected chi connectivity index (χ0v) is 11.6. The van der Waals surface area contributed by atoms with Crippen LogP contribution in [-0.4, -0.2) is 39.8 Å². The number of halogens is 1. The van der Waals surface area contributed by atoms with Crippen LogP contribution in [0.3, 0.4) is 0 Å². The lowest BCUT2D eigenvalue weighted by Gasteiger charge is -2.13. The molecule has 0 radical (unpaired) electrons. The molecule has 0 bridgehead atoms. The van der Waals surface area contributed by atoms with E-state index in [1.807, 2.05) is 0 Å². The molecular formula is C10H11ClO5S2. The van der Waals surface area contributed by atoms with Gasteiger partial charge < -0.3 is 0 Å². The maximum atomic E-state index is 11.9. The van der Waals surface area contributed by atoms with Crippen molar-refractivity contribution in [3.05, 3.63) is 30.3 Å². The number of rotatable bonds is 3. The number of alkyl halides is 1. The third-order valence-corrected chi connectivity index (χ3v) is 6.19. The molecular weight excluding hydrogens is 300 g/mol. The summed E-state index contributed by atoms with van der Waals surface area (Å²) in [5.41, 5.74) is 0. The summed E-state index contributed by atoms with van der Waals surface area (Å²) >= 11 is 5.79. The van der Waals surface area contributed by atoms with E-state index in [1.54, 1.807) is 18.2 Å². The smallest absolute Gasteiger partial charge is 0.260 e. The molecule has 0 unspecified atom stereocenters. The Morgan fingerprint density at radius 1 is 1.17 bits per heavy atom. The third kappa shape index (κ3) is 3.03. The molecule has 1 aliphatic rings. The van der Waals surface area contributed by atoms with E-state index in [1.165, 1.54) is 12.1 Å². The van der Waals surface area contributed by atoms with E-state index in [0.717, 1.165) is 0 Å². The summed E-state index contributed by atoms with van der Waals surface area (Å²) in [6, 6.07) is 7.53. The van der Waals surface area contributed by atoms with Crippen LogP contribution in [0.4, 0.5) is 0 Å². The quantitative estimate of drug-likeness (QED) is 0.609. The minimum Gasteiger partial charge on any atom is -0.260 e. The first-order valence-corrected chi connectivity index (χ1v) is 8.80. The number of benzene rings is 1. The summed E-state index contributed by atoms with van der Waals surface area (Å²) in [5.74, 6) is -0.628. The lowest BCUT2D eigenvalue weighted by molar-refractivity contribution is 0.239. The Bertz CT molecular complexity index is 623. The molecule has 18 heavy (non-hydrogen) atoms. The van der Waals surface area contributed by atoms with Gasteiger partial charge in [-0.15, -0.1) is 11.6 Å². The van der Waals surface area contributed by atoms with E-state index in [9.17, 15) is 16.8 Å². The SMILES string of the molecule is O=S1(=O)C[C@H](OS(=O)(=O)c2ccccc2)[C@@H](Cl)C1. The van der Waals surface area contributed by atoms with Gasteiger partial charge in [0.1, 0.15) is 6.10 Å². The topological polar surface area (TPSA) is 77.5 Å². The van der Waals surface area contributed by atoms with E-state index in [2.05, 4.69) is 0 Å². The predicted molar refractivity (Wildman–Crippen MR) is 66.8 cm³/mol. The molecule has 0 aromatic heterocycles. The predicted octanol–water partition coefficient (Wildman–Crippen LogP) is 0.796. The van der Waals surface area contributed by atoms with Crippen molar-refractivity contribution in [3.8, 4) is 0 Å². The minimum absolute atomic E-state index is 0.0156. The van der Waals surface area contributed by atoms with Gasteiger partial charge in [0.05, 0.1) is 21.8 Å². The molecule has 0 saturated carbocycles. The fourth-order valence-corrected chi connectivity index (χ4v) is 5.40. The van der Waals surface area contributed by atoms with E-state index < -0.39 is 31.4 Å². The molecule has 1 fully saturated rings. The van der Waals surface area contributed by atoms with Crippen LogP contribution in [0.25, 0.3) is 0 Å². The highest BCUT2D eigenvalue weighted by Gasteiger charge is 2.40. The molecule has 1 heterocycles. The van der Waals surface area contributed by atoms with E-state index in [4.69, 9.17) is 15.8 Å². The number of hydrogen-bond acceptors (Lipinski definition) is 5. The van der Waals surface area contributed by atoms with Gasteiger partial charge in [0.25, 0.3) is 10.1 Å².